The zero-order valence-corrected chi connectivity index (χ0v) is 17.4. The molecule has 5 rings (SSSR count). The van der Waals surface area contributed by atoms with Crippen LogP contribution in [-0.2, 0) is 35.3 Å². The minimum atomic E-state index is -0.484. The highest BCUT2D eigenvalue weighted by Crippen LogP contribution is 2.38. The summed E-state index contributed by atoms with van der Waals surface area (Å²) in [7, 11) is 0. The molecule has 1 fully saturated rings. The summed E-state index contributed by atoms with van der Waals surface area (Å²) in [6.45, 7) is 7.41. The SMILES string of the molecule is C[C@@H]1CN(C2(C(=O)N3CCc4ccccc4C3)Cc3ccccc3C2)C[C@H](C)O1. The van der Waals surface area contributed by atoms with Crippen LogP contribution in [0.4, 0.5) is 0 Å². The lowest BCUT2D eigenvalue weighted by atomic mass is 9.88. The molecule has 1 saturated heterocycles. The Hall–Kier alpha value is -2.17. The second-order valence-corrected chi connectivity index (χ2v) is 9.06. The second kappa shape index (κ2) is 7.26. The molecular weight excluding hydrogens is 360 g/mol. The molecule has 3 aliphatic rings. The number of hydrogen-bond donors (Lipinski definition) is 0. The Kier molecular flexibility index (Phi) is 4.72. The summed E-state index contributed by atoms with van der Waals surface area (Å²) in [5.41, 5.74) is 4.84. The number of rotatable bonds is 2. The Morgan fingerprint density at radius 2 is 1.45 bits per heavy atom. The number of carbonyl (C=O) groups excluding carboxylic acids is 1. The molecule has 2 aromatic carbocycles. The monoisotopic (exact) mass is 390 g/mol. The minimum absolute atomic E-state index is 0.147. The fourth-order valence-corrected chi connectivity index (χ4v) is 5.60. The van der Waals surface area contributed by atoms with Gasteiger partial charge in [-0.2, -0.15) is 0 Å². The fraction of sp³-hybridized carbons (Fsp3) is 0.480. The summed E-state index contributed by atoms with van der Waals surface area (Å²) < 4.78 is 6.00. The van der Waals surface area contributed by atoms with Crippen LogP contribution < -0.4 is 0 Å². The van der Waals surface area contributed by atoms with Gasteiger partial charge < -0.3 is 9.64 Å². The molecular formula is C25H30N2O2. The van der Waals surface area contributed by atoms with Gasteiger partial charge in [0, 0.05) is 39.0 Å². The van der Waals surface area contributed by atoms with E-state index in [0.717, 1.165) is 45.4 Å². The van der Waals surface area contributed by atoms with Gasteiger partial charge in [0.2, 0.25) is 5.91 Å². The molecule has 2 atom stereocenters. The quantitative estimate of drug-likeness (QED) is 0.789. The number of amides is 1. The minimum Gasteiger partial charge on any atom is -0.373 e. The molecule has 2 heterocycles. The Morgan fingerprint density at radius 3 is 2.07 bits per heavy atom. The van der Waals surface area contributed by atoms with E-state index in [1.807, 2.05) is 0 Å². The van der Waals surface area contributed by atoms with Crippen molar-refractivity contribution in [2.75, 3.05) is 19.6 Å². The van der Waals surface area contributed by atoms with Crippen molar-refractivity contribution in [1.29, 1.82) is 0 Å². The van der Waals surface area contributed by atoms with Crippen molar-refractivity contribution < 1.29 is 9.53 Å². The van der Waals surface area contributed by atoms with Crippen LogP contribution in [0.3, 0.4) is 0 Å². The maximum absolute atomic E-state index is 14.2. The number of carbonyl (C=O) groups is 1. The first kappa shape index (κ1) is 18.8. The standard InChI is InChI=1S/C25H30N2O2/c1-18-15-27(16-19(2)29-18)25(13-21-8-4-5-9-22(21)14-25)24(28)26-12-11-20-7-3-6-10-23(20)17-26/h3-10,18-19H,11-17H2,1-2H3/t18-,19+. The predicted molar refractivity (Wildman–Crippen MR) is 114 cm³/mol. The van der Waals surface area contributed by atoms with Crippen LogP contribution in [0.2, 0.25) is 0 Å². The summed E-state index contributed by atoms with van der Waals surface area (Å²) in [4.78, 5) is 18.7. The molecule has 0 N–H and O–H groups in total. The van der Waals surface area contributed by atoms with Crippen molar-refractivity contribution in [3.05, 3.63) is 70.8 Å². The van der Waals surface area contributed by atoms with Crippen molar-refractivity contribution in [2.45, 2.75) is 57.4 Å². The van der Waals surface area contributed by atoms with Crippen LogP contribution in [0.5, 0.6) is 0 Å². The Morgan fingerprint density at radius 1 is 0.897 bits per heavy atom. The van der Waals surface area contributed by atoms with Gasteiger partial charge in [0.1, 0.15) is 5.54 Å². The largest absolute Gasteiger partial charge is 0.373 e. The van der Waals surface area contributed by atoms with Crippen LogP contribution in [0.25, 0.3) is 0 Å². The highest BCUT2D eigenvalue weighted by molar-refractivity contribution is 5.88. The van der Waals surface area contributed by atoms with Gasteiger partial charge in [-0.3, -0.25) is 9.69 Å². The van der Waals surface area contributed by atoms with E-state index >= 15 is 0 Å². The van der Waals surface area contributed by atoms with E-state index in [-0.39, 0.29) is 12.2 Å². The maximum Gasteiger partial charge on any atom is 0.244 e. The first-order valence-electron chi connectivity index (χ1n) is 10.9. The third-order valence-electron chi connectivity index (χ3n) is 6.93. The highest BCUT2D eigenvalue weighted by atomic mass is 16.5. The Labute approximate surface area is 173 Å². The molecule has 2 aromatic rings. The lowest BCUT2D eigenvalue weighted by Gasteiger charge is -2.48. The van der Waals surface area contributed by atoms with E-state index in [4.69, 9.17) is 4.74 Å². The van der Waals surface area contributed by atoms with Gasteiger partial charge in [0.25, 0.3) is 0 Å². The van der Waals surface area contributed by atoms with Crippen LogP contribution in [0.15, 0.2) is 48.5 Å². The topological polar surface area (TPSA) is 32.8 Å². The zero-order chi connectivity index (χ0) is 20.0. The first-order chi connectivity index (χ1) is 14.0. The van der Waals surface area contributed by atoms with Crippen molar-refractivity contribution in [3.63, 3.8) is 0 Å². The molecule has 0 aromatic heterocycles. The first-order valence-corrected chi connectivity index (χ1v) is 10.9. The molecule has 0 bridgehead atoms. The van der Waals surface area contributed by atoms with E-state index < -0.39 is 5.54 Å². The fourth-order valence-electron chi connectivity index (χ4n) is 5.60. The van der Waals surface area contributed by atoms with Crippen molar-refractivity contribution in [2.24, 2.45) is 0 Å². The molecule has 0 unspecified atom stereocenters. The average Bonchev–Trinajstić information content (AvgIpc) is 3.13. The number of ether oxygens (including phenoxy) is 1. The number of benzene rings is 2. The molecule has 1 amide bonds. The van der Waals surface area contributed by atoms with Crippen LogP contribution >= 0.6 is 0 Å². The van der Waals surface area contributed by atoms with Gasteiger partial charge in [0.15, 0.2) is 0 Å². The van der Waals surface area contributed by atoms with E-state index in [0.29, 0.717) is 5.91 Å². The van der Waals surface area contributed by atoms with Crippen LogP contribution in [0, 0.1) is 0 Å². The smallest absolute Gasteiger partial charge is 0.244 e. The molecule has 0 spiro atoms. The molecule has 2 aliphatic heterocycles. The number of hydrogen-bond acceptors (Lipinski definition) is 3. The van der Waals surface area contributed by atoms with Crippen molar-refractivity contribution >= 4 is 5.91 Å². The Bertz CT molecular complexity index is 890. The van der Waals surface area contributed by atoms with Gasteiger partial charge >= 0.3 is 0 Å². The molecule has 1 aliphatic carbocycles. The van der Waals surface area contributed by atoms with Gasteiger partial charge in [-0.25, -0.2) is 0 Å². The summed E-state index contributed by atoms with van der Waals surface area (Å²) in [6, 6.07) is 17.1. The van der Waals surface area contributed by atoms with Crippen molar-refractivity contribution in [1.82, 2.24) is 9.80 Å². The van der Waals surface area contributed by atoms with Crippen LogP contribution in [-0.4, -0.2) is 53.1 Å². The molecule has 4 nitrogen and oxygen atoms in total. The lowest BCUT2D eigenvalue weighted by Crippen LogP contribution is -2.65. The van der Waals surface area contributed by atoms with E-state index in [1.165, 1.54) is 22.3 Å². The number of nitrogens with zero attached hydrogens (tertiary/aromatic N) is 2. The lowest BCUT2D eigenvalue weighted by molar-refractivity contribution is -0.155. The highest BCUT2D eigenvalue weighted by Gasteiger charge is 2.51. The molecule has 4 heteroatoms. The zero-order valence-electron chi connectivity index (χ0n) is 17.4. The second-order valence-electron chi connectivity index (χ2n) is 9.06. The summed E-state index contributed by atoms with van der Waals surface area (Å²) in [5, 5.41) is 0. The normalized spacial score (nSPS) is 26.1. The van der Waals surface area contributed by atoms with Gasteiger partial charge in [-0.1, -0.05) is 48.5 Å². The molecule has 152 valence electrons. The molecule has 0 radical (unpaired) electrons. The van der Waals surface area contributed by atoms with Gasteiger partial charge in [-0.05, 0) is 42.5 Å². The number of fused-ring (bicyclic) bond motifs is 2. The third kappa shape index (κ3) is 3.28. The molecule has 29 heavy (non-hydrogen) atoms. The van der Waals surface area contributed by atoms with Crippen LogP contribution in [0.1, 0.15) is 36.1 Å². The predicted octanol–water partition coefficient (Wildman–Crippen LogP) is 3.22. The molecule has 0 saturated carbocycles. The summed E-state index contributed by atoms with van der Waals surface area (Å²) in [6.07, 6.45) is 2.85. The summed E-state index contributed by atoms with van der Waals surface area (Å²) in [5.74, 6) is 0.296. The van der Waals surface area contributed by atoms with Gasteiger partial charge in [-0.15, -0.1) is 0 Å². The third-order valence-corrected chi connectivity index (χ3v) is 6.93. The summed E-state index contributed by atoms with van der Waals surface area (Å²) >= 11 is 0. The maximum atomic E-state index is 14.2. The van der Waals surface area contributed by atoms with E-state index in [2.05, 4.69) is 72.2 Å². The van der Waals surface area contributed by atoms with E-state index in [9.17, 15) is 4.79 Å². The number of morpholine rings is 1. The van der Waals surface area contributed by atoms with Gasteiger partial charge in [0.05, 0.1) is 12.2 Å². The average molecular weight is 391 g/mol. The van der Waals surface area contributed by atoms with E-state index in [1.54, 1.807) is 0 Å². The van der Waals surface area contributed by atoms with Crippen molar-refractivity contribution in [3.8, 4) is 0 Å². The Balaban J connectivity index is 1.49.